The Morgan fingerprint density at radius 3 is 2.61 bits per heavy atom. The Hall–Kier alpha value is -1.18. The maximum atomic E-state index is 13.3. The molecule has 0 heterocycles. The maximum Gasteiger partial charge on any atom is 0.166 e. The number of aryl methyl sites for hydroxylation is 1. The number of hydrogen-bond donors (Lipinski definition) is 0. The van der Waals surface area contributed by atoms with E-state index in [-0.39, 0.29) is 17.5 Å². The Bertz CT molecular complexity index is 452. The van der Waals surface area contributed by atoms with Crippen molar-refractivity contribution in [1.82, 2.24) is 0 Å². The molecule has 1 aliphatic rings. The van der Waals surface area contributed by atoms with Crippen LogP contribution in [0.15, 0.2) is 18.2 Å². The second-order valence-corrected chi connectivity index (χ2v) is 5.79. The molecule has 2 heteroatoms. The van der Waals surface area contributed by atoms with Crippen LogP contribution in [-0.4, -0.2) is 5.78 Å². The first-order valence-electron chi connectivity index (χ1n) is 6.79. The molecule has 3 atom stereocenters. The van der Waals surface area contributed by atoms with Crippen molar-refractivity contribution in [2.45, 2.75) is 40.0 Å². The van der Waals surface area contributed by atoms with Gasteiger partial charge in [0.15, 0.2) is 5.78 Å². The van der Waals surface area contributed by atoms with Crippen LogP contribution in [0.25, 0.3) is 0 Å². The summed E-state index contributed by atoms with van der Waals surface area (Å²) in [7, 11) is 0. The van der Waals surface area contributed by atoms with E-state index in [1.165, 1.54) is 12.1 Å². The van der Waals surface area contributed by atoms with E-state index in [0.717, 1.165) is 24.8 Å². The van der Waals surface area contributed by atoms with Gasteiger partial charge in [-0.1, -0.05) is 19.9 Å². The molecule has 0 amide bonds. The summed E-state index contributed by atoms with van der Waals surface area (Å²) in [5, 5.41) is 0. The SMILES string of the molecule is Cc1ccc(F)cc1C(=O)C1CCC(C)C(C)C1. The monoisotopic (exact) mass is 248 g/mol. The van der Waals surface area contributed by atoms with E-state index in [9.17, 15) is 9.18 Å². The Labute approximate surface area is 108 Å². The molecule has 18 heavy (non-hydrogen) atoms. The van der Waals surface area contributed by atoms with E-state index in [4.69, 9.17) is 0 Å². The molecule has 0 bridgehead atoms. The highest BCUT2D eigenvalue weighted by atomic mass is 19.1. The molecule has 1 aromatic rings. The summed E-state index contributed by atoms with van der Waals surface area (Å²) in [6.45, 7) is 6.34. The Balaban J connectivity index is 2.19. The number of benzene rings is 1. The van der Waals surface area contributed by atoms with Gasteiger partial charge in [-0.15, -0.1) is 0 Å². The number of carbonyl (C=O) groups excluding carboxylic acids is 1. The van der Waals surface area contributed by atoms with Crippen LogP contribution in [0.3, 0.4) is 0 Å². The van der Waals surface area contributed by atoms with Crippen molar-refractivity contribution in [1.29, 1.82) is 0 Å². The molecule has 98 valence electrons. The minimum absolute atomic E-state index is 0.0803. The van der Waals surface area contributed by atoms with Gasteiger partial charge in [-0.25, -0.2) is 4.39 Å². The van der Waals surface area contributed by atoms with Crippen LogP contribution in [0, 0.1) is 30.5 Å². The Morgan fingerprint density at radius 2 is 1.94 bits per heavy atom. The summed E-state index contributed by atoms with van der Waals surface area (Å²) < 4.78 is 13.3. The largest absolute Gasteiger partial charge is 0.294 e. The van der Waals surface area contributed by atoms with Crippen LogP contribution >= 0.6 is 0 Å². The fourth-order valence-corrected chi connectivity index (χ4v) is 2.87. The number of halogens is 1. The van der Waals surface area contributed by atoms with Crippen molar-refractivity contribution < 1.29 is 9.18 Å². The minimum atomic E-state index is -0.318. The third kappa shape index (κ3) is 2.63. The van der Waals surface area contributed by atoms with Gasteiger partial charge < -0.3 is 0 Å². The van der Waals surface area contributed by atoms with Crippen molar-refractivity contribution in [2.24, 2.45) is 17.8 Å². The zero-order chi connectivity index (χ0) is 13.3. The van der Waals surface area contributed by atoms with Crippen molar-refractivity contribution in [3.05, 3.63) is 35.1 Å². The smallest absolute Gasteiger partial charge is 0.166 e. The van der Waals surface area contributed by atoms with Crippen molar-refractivity contribution in [3.8, 4) is 0 Å². The molecule has 0 spiro atoms. The zero-order valence-electron chi connectivity index (χ0n) is 11.4. The molecule has 0 saturated heterocycles. The molecular formula is C16H21FO. The summed E-state index contributed by atoms with van der Waals surface area (Å²) in [6, 6.07) is 4.50. The molecular weight excluding hydrogens is 227 g/mol. The molecule has 1 aromatic carbocycles. The molecule has 1 aliphatic carbocycles. The number of ketones is 1. The van der Waals surface area contributed by atoms with E-state index < -0.39 is 0 Å². The molecule has 0 aromatic heterocycles. The van der Waals surface area contributed by atoms with E-state index in [0.29, 0.717) is 17.4 Å². The first-order valence-corrected chi connectivity index (χ1v) is 6.79. The van der Waals surface area contributed by atoms with Crippen LogP contribution in [0.5, 0.6) is 0 Å². The van der Waals surface area contributed by atoms with Crippen molar-refractivity contribution >= 4 is 5.78 Å². The molecule has 1 fully saturated rings. The van der Waals surface area contributed by atoms with Crippen LogP contribution < -0.4 is 0 Å². The van der Waals surface area contributed by atoms with Crippen molar-refractivity contribution in [2.75, 3.05) is 0 Å². The molecule has 0 N–H and O–H groups in total. The second kappa shape index (κ2) is 5.21. The van der Waals surface area contributed by atoms with Crippen LogP contribution in [-0.2, 0) is 0 Å². The average Bonchev–Trinajstić information content (AvgIpc) is 2.35. The molecule has 2 rings (SSSR count). The molecule has 0 aliphatic heterocycles. The second-order valence-electron chi connectivity index (χ2n) is 5.79. The minimum Gasteiger partial charge on any atom is -0.294 e. The Kier molecular flexibility index (Phi) is 3.84. The topological polar surface area (TPSA) is 17.1 Å². The molecule has 0 radical (unpaired) electrons. The lowest BCUT2D eigenvalue weighted by Gasteiger charge is -2.31. The highest BCUT2D eigenvalue weighted by Gasteiger charge is 2.30. The summed E-state index contributed by atoms with van der Waals surface area (Å²) in [6.07, 6.45) is 2.99. The quantitative estimate of drug-likeness (QED) is 0.709. The number of Topliss-reactive ketones (excluding diaryl/α,β-unsaturated/α-hetero) is 1. The number of rotatable bonds is 2. The molecule has 1 nitrogen and oxygen atoms in total. The highest BCUT2D eigenvalue weighted by Crippen LogP contribution is 2.35. The first-order chi connectivity index (χ1) is 8.49. The van der Waals surface area contributed by atoms with E-state index in [2.05, 4.69) is 13.8 Å². The van der Waals surface area contributed by atoms with Gasteiger partial charge in [0, 0.05) is 11.5 Å². The fourth-order valence-electron chi connectivity index (χ4n) is 2.87. The summed E-state index contributed by atoms with van der Waals surface area (Å²) in [4.78, 5) is 12.5. The summed E-state index contributed by atoms with van der Waals surface area (Å²) in [5.41, 5.74) is 1.45. The van der Waals surface area contributed by atoms with Gasteiger partial charge >= 0.3 is 0 Å². The van der Waals surface area contributed by atoms with Crippen LogP contribution in [0.1, 0.15) is 49.0 Å². The van der Waals surface area contributed by atoms with E-state index in [1.54, 1.807) is 6.07 Å². The first kappa shape index (κ1) is 13.3. The molecule has 1 saturated carbocycles. The van der Waals surface area contributed by atoms with E-state index >= 15 is 0 Å². The standard InChI is InChI=1S/C16H21FO/c1-10-4-6-13(8-12(10)3)16(18)15-9-14(17)7-5-11(15)2/h5,7,9-10,12-13H,4,6,8H2,1-3H3. The van der Waals surface area contributed by atoms with E-state index in [1.807, 2.05) is 6.92 Å². The van der Waals surface area contributed by atoms with Crippen LogP contribution in [0.2, 0.25) is 0 Å². The lowest BCUT2D eigenvalue weighted by Crippen LogP contribution is -2.27. The van der Waals surface area contributed by atoms with Gasteiger partial charge in [-0.3, -0.25) is 4.79 Å². The lowest BCUT2D eigenvalue weighted by molar-refractivity contribution is 0.0836. The third-order valence-electron chi connectivity index (χ3n) is 4.43. The van der Waals surface area contributed by atoms with Gasteiger partial charge in [0.1, 0.15) is 5.82 Å². The van der Waals surface area contributed by atoms with Crippen molar-refractivity contribution in [3.63, 3.8) is 0 Å². The maximum absolute atomic E-state index is 13.3. The van der Waals surface area contributed by atoms with Gasteiger partial charge in [0.2, 0.25) is 0 Å². The summed E-state index contributed by atoms with van der Waals surface area (Å²) >= 11 is 0. The van der Waals surface area contributed by atoms with Gasteiger partial charge in [-0.05, 0) is 55.7 Å². The average molecular weight is 248 g/mol. The number of carbonyl (C=O) groups is 1. The number of hydrogen-bond acceptors (Lipinski definition) is 1. The predicted molar refractivity (Wildman–Crippen MR) is 71.1 cm³/mol. The highest BCUT2D eigenvalue weighted by molar-refractivity contribution is 5.99. The van der Waals surface area contributed by atoms with Gasteiger partial charge in [0.25, 0.3) is 0 Å². The summed E-state index contributed by atoms with van der Waals surface area (Å²) in [5.74, 6) is 1.17. The van der Waals surface area contributed by atoms with Gasteiger partial charge in [0.05, 0.1) is 0 Å². The Morgan fingerprint density at radius 1 is 1.22 bits per heavy atom. The lowest BCUT2D eigenvalue weighted by atomic mass is 9.73. The molecule has 3 unspecified atom stereocenters. The zero-order valence-corrected chi connectivity index (χ0v) is 11.4. The van der Waals surface area contributed by atoms with Gasteiger partial charge in [-0.2, -0.15) is 0 Å². The van der Waals surface area contributed by atoms with Crippen LogP contribution in [0.4, 0.5) is 4.39 Å². The normalized spacial score (nSPS) is 28.1. The third-order valence-corrected chi connectivity index (χ3v) is 4.43. The predicted octanol–water partition coefficient (Wildman–Crippen LogP) is 4.39. The fraction of sp³-hybridized carbons (Fsp3) is 0.562.